The van der Waals surface area contributed by atoms with Gasteiger partial charge in [0.2, 0.25) is 5.91 Å². The van der Waals surface area contributed by atoms with Gasteiger partial charge in [-0.3, -0.25) is 9.48 Å². The lowest BCUT2D eigenvalue weighted by molar-refractivity contribution is -0.151. The molecular formula is C17H24F3N3O2. The normalized spacial score (nSPS) is 28.1. The van der Waals surface area contributed by atoms with E-state index in [0.717, 1.165) is 23.6 Å². The smallest absolute Gasteiger partial charge is 0.390 e. The minimum Gasteiger partial charge on any atom is -0.390 e. The van der Waals surface area contributed by atoms with Crippen molar-refractivity contribution < 1.29 is 23.1 Å². The molecule has 140 valence electrons. The van der Waals surface area contributed by atoms with E-state index in [1.165, 1.54) is 7.05 Å². The van der Waals surface area contributed by atoms with Crippen LogP contribution >= 0.6 is 0 Å². The number of amides is 1. The summed E-state index contributed by atoms with van der Waals surface area (Å²) in [4.78, 5) is 14.2. The molecule has 0 atom stereocenters. The number of carbonyl (C=O) groups excluding carboxylic acids is 1. The summed E-state index contributed by atoms with van der Waals surface area (Å²) in [6, 6.07) is 1.12. The monoisotopic (exact) mass is 359 g/mol. The molecule has 0 aromatic carbocycles. The molecule has 2 heterocycles. The number of nitrogens with zero attached hydrogens (tertiary/aromatic N) is 3. The summed E-state index contributed by atoms with van der Waals surface area (Å²) in [5.74, 6) is 0.253. The molecule has 8 heteroatoms. The standard InChI is InChI=1S/C17H24F3N3O2/c1-16(25)9-12(10-16)15(24)23-5-3-11(4-6-23)7-13-8-14(17(18,19)20)22(2)21-13/h8,11-12,25H,3-7,9-10H2,1-2H3/t12-,16+. The molecule has 0 spiro atoms. The predicted molar refractivity (Wildman–Crippen MR) is 84.6 cm³/mol. The van der Waals surface area contributed by atoms with E-state index in [-0.39, 0.29) is 17.7 Å². The first kappa shape index (κ1) is 18.2. The maximum atomic E-state index is 12.8. The molecule has 0 bridgehead atoms. The van der Waals surface area contributed by atoms with E-state index >= 15 is 0 Å². The van der Waals surface area contributed by atoms with Gasteiger partial charge in [-0.1, -0.05) is 0 Å². The Morgan fingerprint density at radius 2 is 1.96 bits per heavy atom. The average Bonchev–Trinajstić information content (AvgIpc) is 2.85. The highest BCUT2D eigenvalue weighted by Gasteiger charge is 2.44. The largest absolute Gasteiger partial charge is 0.433 e. The number of likely N-dealkylation sites (tertiary alicyclic amines) is 1. The van der Waals surface area contributed by atoms with Gasteiger partial charge in [0.05, 0.1) is 11.3 Å². The van der Waals surface area contributed by atoms with Crippen molar-refractivity contribution >= 4 is 5.91 Å². The van der Waals surface area contributed by atoms with Crippen LogP contribution in [0.4, 0.5) is 13.2 Å². The van der Waals surface area contributed by atoms with Gasteiger partial charge in [-0.25, -0.2) is 0 Å². The lowest BCUT2D eigenvalue weighted by Crippen LogP contribution is -2.51. The van der Waals surface area contributed by atoms with Crippen LogP contribution in [0.5, 0.6) is 0 Å². The summed E-state index contributed by atoms with van der Waals surface area (Å²) >= 11 is 0. The van der Waals surface area contributed by atoms with Gasteiger partial charge in [-0.15, -0.1) is 0 Å². The average molecular weight is 359 g/mol. The minimum atomic E-state index is -4.39. The zero-order valence-corrected chi connectivity index (χ0v) is 14.5. The molecule has 3 rings (SSSR count). The molecule has 25 heavy (non-hydrogen) atoms. The summed E-state index contributed by atoms with van der Waals surface area (Å²) in [7, 11) is 1.31. The molecule has 2 aliphatic rings. The topological polar surface area (TPSA) is 58.4 Å². The number of halogens is 3. The summed E-state index contributed by atoms with van der Waals surface area (Å²) in [5.41, 5.74) is -0.991. The van der Waals surface area contributed by atoms with Crippen LogP contribution in [-0.4, -0.2) is 44.4 Å². The van der Waals surface area contributed by atoms with Gasteiger partial charge in [0.25, 0.3) is 0 Å². The molecule has 1 aliphatic heterocycles. The molecule has 0 radical (unpaired) electrons. The van der Waals surface area contributed by atoms with E-state index < -0.39 is 17.5 Å². The molecule has 1 amide bonds. The van der Waals surface area contributed by atoms with Crippen molar-refractivity contribution in [1.29, 1.82) is 0 Å². The molecule has 2 fully saturated rings. The zero-order valence-electron chi connectivity index (χ0n) is 14.5. The Hall–Kier alpha value is -1.57. The fraction of sp³-hybridized carbons (Fsp3) is 0.765. The quantitative estimate of drug-likeness (QED) is 0.902. The number of hydrogen-bond acceptors (Lipinski definition) is 3. The lowest BCUT2D eigenvalue weighted by atomic mass is 9.71. The fourth-order valence-electron chi connectivity index (χ4n) is 3.98. The van der Waals surface area contributed by atoms with E-state index in [9.17, 15) is 23.1 Å². The number of aryl methyl sites for hydroxylation is 1. The third-order valence-electron chi connectivity index (χ3n) is 5.37. The molecular weight excluding hydrogens is 335 g/mol. The van der Waals surface area contributed by atoms with Gasteiger partial charge in [0, 0.05) is 26.1 Å². The molecule has 5 nitrogen and oxygen atoms in total. The molecule has 1 aliphatic carbocycles. The van der Waals surface area contributed by atoms with Crippen molar-refractivity contribution in [2.45, 2.75) is 50.8 Å². The van der Waals surface area contributed by atoms with E-state index in [4.69, 9.17) is 0 Å². The molecule has 1 saturated carbocycles. The second-order valence-corrected chi connectivity index (χ2v) is 7.72. The number of aromatic nitrogens is 2. The number of alkyl halides is 3. The van der Waals surface area contributed by atoms with Crippen LogP contribution in [0.2, 0.25) is 0 Å². The van der Waals surface area contributed by atoms with Gasteiger partial charge < -0.3 is 10.0 Å². The van der Waals surface area contributed by atoms with Crippen molar-refractivity contribution in [1.82, 2.24) is 14.7 Å². The SMILES string of the molecule is Cn1nc(CC2CCN(C(=O)[C@H]3C[C@@](C)(O)C3)CC2)cc1C(F)(F)F. The van der Waals surface area contributed by atoms with E-state index in [1.807, 2.05) is 4.90 Å². The number of carbonyl (C=O) groups is 1. The van der Waals surface area contributed by atoms with Gasteiger partial charge in [-0.05, 0) is 51.0 Å². The first-order valence-corrected chi connectivity index (χ1v) is 8.66. The number of rotatable bonds is 3. The minimum absolute atomic E-state index is 0.0864. The number of hydrogen-bond donors (Lipinski definition) is 1. The molecule has 1 aromatic heterocycles. The molecule has 1 saturated heterocycles. The van der Waals surface area contributed by atoms with Gasteiger partial charge in [0.1, 0.15) is 5.69 Å². The first-order chi connectivity index (χ1) is 11.5. The van der Waals surface area contributed by atoms with Crippen LogP contribution in [-0.2, 0) is 24.4 Å². The molecule has 1 aromatic rings. The van der Waals surface area contributed by atoms with E-state index in [1.54, 1.807) is 6.92 Å². The van der Waals surface area contributed by atoms with Crippen LogP contribution in [0.1, 0.15) is 44.0 Å². The second-order valence-electron chi connectivity index (χ2n) is 7.72. The Bertz CT molecular complexity index is 638. The summed E-state index contributed by atoms with van der Waals surface area (Å²) in [6.45, 7) is 2.99. The fourth-order valence-corrected chi connectivity index (χ4v) is 3.98. The Morgan fingerprint density at radius 3 is 2.44 bits per heavy atom. The van der Waals surface area contributed by atoms with Gasteiger partial charge in [0.15, 0.2) is 0 Å². The third kappa shape index (κ3) is 3.99. The zero-order chi connectivity index (χ0) is 18.4. The van der Waals surface area contributed by atoms with Crippen molar-refractivity contribution in [3.63, 3.8) is 0 Å². The van der Waals surface area contributed by atoms with Crippen LogP contribution in [0.15, 0.2) is 6.07 Å². The maximum Gasteiger partial charge on any atom is 0.433 e. The van der Waals surface area contributed by atoms with Crippen molar-refractivity contribution in [3.05, 3.63) is 17.5 Å². The van der Waals surface area contributed by atoms with Crippen molar-refractivity contribution in [3.8, 4) is 0 Å². The predicted octanol–water partition coefficient (Wildman–Crippen LogP) is 2.38. The van der Waals surface area contributed by atoms with Gasteiger partial charge in [-0.2, -0.15) is 18.3 Å². The second kappa shape index (κ2) is 6.30. The summed E-state index contributed by atoms with van der Waals surface area (Å²) in [6.07, 6.45) is -1.32. The lowest BCUT2D eigenvalue weighted by Gasteiger charge is -2.43. The molecule has 0 unspecified atom stereocenters. The van der Waals surface area contributed by atoms with Crippen molar-refractivity contribution in [2.24, 2.45) is 18.9 Å². The third-order valence-corrected chi connectivity index (χ3v) is 5.37. The van der Waals surface area contributed by atoms with Crippen LogP contribution in [0.25, 0.3) is 0 Å². The number of piperidine rings is 1. The summed E-state index contributed by atoms with van der Waals surface area (Å²) in [5, 5.41) is 13.7. The first-order valence-electron chi connectivity index (χ1n) is 8.66. The van der Waals surface area contributed by atoms with E-state index in [2.05, 4.69) is 5.10 Å². The Labute approximate surface area is 144 Å². The Kier molecular flexibility index (Phi) is 4.59. The Balaban J connectivity index is 1.51. The van der Waals surface area contributed by atoms with Crippen LogP contribution in [0.3, 0.4) is 0 Å². The van der Waals surface area contributed by atoms with E-state index in [0.29, 0.717) is 38.0 Å². The highest BCUT2D eigenvalue weighted by atomic mass is 19.4. The highest BCUT2D eigenvalue weighted by molar-refractivity contribution is 5.80. The maximum absolute atomic E-state index is 12.8. The van der Waals surface area contributed by atoms with Crippen LogP contribution < -0.4 is 0 Å². The molecule has 1 N–H and O–H groups in total. The van der Waals surface area contributed by atoms with Crippen LogP contribution in [0, 0.1) is 11.8 Å². The number of aliphatic hydroxyl groups is 1. The Morgan fingerprint density at radius 1 is 1.36 bits per heavy atom. The summed E-state index contributed by atoms with van der Waals surface area (Å²) < 4.78 is 39.4. The highest BCUT2D eigenvalue weighted by Crippen LogP contribution is 2.39. The van der Waals surface area contributed by atoms with Gasteiger partial charge >= 0.3 is 6.18 Å². The van der Waals surface area contributed by atoms with Crippen molar-refractivity contribution in [2.75, 3.05) is 13.1 Å².